The van der Waals surface area contributed by atoms with Crippen LogP contribution >= 0.6 is 23.6 Å². The number of thiophene rings is 1. The van der Waals surface area contributed by atoms with Crippen molar-refractivity contribution in [2.24, 2.45) is 17.7 Å². The van der Waals surface area contributed by atoms with Crippen LogP contribution in [0.15, 0.2) is 6.20 Å². The fraction of sp³-hybridized carbons (Fsp3) is 0.542. The first kappa shape index (κ1) is 24.8. The number of carbonyl (C=O) groups is 2. The van der Waals surface area contributed by atoms with Gasteiger partial charge in [0, 0.05) is 23.4 Å². The number of amides is 2. The van der Waals surface area contributed by atoms with Crippen molar-refractivity contribution in [2.75, 3.05) is 23.9 Å². The molecule has 3 aliphatic rings. The van der Waals surface area contributed by atoms with Gasteiger partial charge in [0.1, 0.15) is 5.00 Å². The molecule has 3 aliphatic carbocycles. The van der Waals surface area contributed by atoms with Crippen molar-refractivity contribution in [3.63, 3.8) is 0 Å². The minimum absolute atomic E-state index is 0.000609. The number of aromatic nitrogens is 2. The lowest BCUT2D eigenvalue weighted by Gasteiger charge is -2.35. The van der Waals surface area contributed by atoms with Gasteiger partial charge in [-0.2, -0.15) is 0 Å². The summed E-state index contributed by atoms with van der Waals surface area (Å²) in [6, 6.07) is -0.0981. The van der Waals surface area contributed by atoms with Gasteiger partial charge in [0.2, 0.25) is 11.8 Å². The molecule has 0 unspecified atom stereocenters. The minimum Gasteiger partial charge on any atom is -0.480 e. The van der Waals surface area contributed by atoms with E-state index >= 15 is 0 Å². The molecule has 0 spiro atoms. The molecule has 10 nitrogen and oxygen atoms in total. The fourth-order valence-electron chi connectivity index (χ4n) is 4.61. The predicted octanol–water partition coefficient (Wildman–Crippen LogP) is 2.46. The van der Waals surface area contributed by atoms with Gasteiger partial charge in [0.15, 0.2) is 10.9 Å². The van der Waals surface area contributed by atoms with Crippen LogP contribution in [0.25, 0.3) is 0 Å². The molecule has 0 aromatic carbocycles. The van der Waals surface area contributed by atoms with Crippen LogP contribution in [-0.4, -0.2) is 46.6 Å². The van der Waals surface area contributed by atoms with Gasteiger partial charge < -0.3 is 20.8 Å². The van der Waals surface area contributed by atoms with Crippen molar-refractivity contribution in [2.45, 2.75) is 57.9 Å². The van der Waals surface area contributed by atoms with Crippen LogP contribution in [0.4, 0.5) is 10.8 Å². The van der Waals surface area contributed by atoms with E-state index < -0.39 is 0 Å². The summed E-state index contributed by atoms with van der Waals surface area (Å²) >= 11 is 7.09. The summed E-state index contributed by atoms with van der Waals surface area (Å²) < 4.78 is 5.21. The normalized spacial score (nSPS) is 18.7. The molecular weight excluding hydrogens is 498 g/mol. The lowest BCUT2D eigenvalue weighted by Crippen LogP contribution is -2.51. The van der Waals surface area contributed by atoms with Crippen LogP contribution < -0.4 is 31.5 Å². The Bertz CT molecular complexity index is 1190. The molecule has 2 fully saturated rings. The average Bonchev–Trinajstić information content (AvgIpc) is 3.80. The number of nitrogens with one attached hydrogen (secondary N) is 3. The zero-order valence-electron chi connectivity index (χ0n) is 20.4. The summed E-state index contributed by atoms with van der Waals surface area (Å²) in [5.74, 6) is 7.23. The van der Waals surface area contributed by atoms with Gasteiger partial charge in [-0.3, -0.25) is 14.5 Å². The first-order chi connectivity index (χ1) is 17.4. The van der Waals surface area contributed by atoms with E-state index in [1.807, 2.05) is 11.8 Å². The van der Waals surface area contributed by atoms with Crippen molar-refractivity contribution in [1.82, 2.24) is 20.7 Å². The maximum atomic E-state index is 13.4. The molecule has 1 atom stereocenters. The molecule has 2 heterocycles. The van der Waals surface area contributed by atoms with E-state index in [0.717, 1.165) is 49.0 Å². The highest BCUT2D eigenvalue weighted by Gasteiger charge is 2.36. The van der Waals surface area contributed by atoms with Gasteiger partial charge in [-0.15, -0.1) is 11.3 Å². The number of nitrogens with two attached hydrogens (primary N) is 1. The molecule has 36 heavy (non-hydrogen) atoms. The molecule has 0 saturated heterocycles. The van der Waals surface area contributed by atoms with Crippen molar-refractivity contribution in [3.05, 3.63) is 27.9 Å². The number of methoxy groups -OCH3 is 1. The summed E-state index contributed by atoms with van der Waals surface area (Å²) in [7, 11) is 1.54. The molecule has 5 N–H and O–H groups in total. The van der Waals surface area contributed by atoms with Crippen molar-refractivity contribution < 1.29 is 14.3 Å². The maximum Gasteiger partial charge on any atom is 0.254 e. The Morgan fingerprint density at radius 1 is 1.28 bits per heavy atom. The topological polar surface area (TPSA) is 134 Å². The van der Waals surface area contributed by atoms with E-state index in [0.29, 0.717) is 52.0 Å². The quantitative estimate of drug-likeness (QED) is 0.231. The first-order valence-corrected chi connectivity index (χ1v) is 13.5. The van der Waals surface area contributed by atoms with Crippen LogP contribution in [0.1, 0.15) is 58.6 Å². The number of aryl methyl sites for hydroxylation is 2. The molecule has 12 heteroatoms. The molecule has 192 valence electrons. The Morgan fingerprint density at radius 3 is 2.69 bits per heavy atom. The summed E-state index contributed by atoms with van der Waals surface area (Å²) in [5, 5.41) is 7.12. The lowest BCUT2D eigenvalue weighted by atomic mass is 9.90. The predicted molar refractivity (Wildman–Crippen MR) is 142 cm³/mol. The highest BCUT2D eigenvalue weighted by Crippen LogP contribution is 2.41. The number of ether oxygens (including phenoxy) is 1. The Kier molecular flexibility index (Phi) is 7.09. The van der Waals surface area contributed by atoms with Crippen LogP contribution in [0.2, 0.25) is 0 Å². The van der Waals surface area contributed by atoms with Crippen LogP contribution in [0.3, 0.4) is 0 Å². The maximum absolute atomic E-state index is 13.4. The Labute approximate surface area is 219 Å². The number of hydrogen-bond donors (Lipinski definition) is 4. The van der Waals surface area contributed by atoms with E-state index in [9.17, 15) is 9.59 Å². The van der Waals surface area contributed by atoms with E-state index in [1.165, 1.54) is 11.3 Å². The van der Waals surface area contributed by atoms with Crippen molar-refractivity contribution in [3.8, 4) is 5.88 Å². The van der Waals surface area contributed by atoms with Crippen LogP contribution in [0.5, 0.6) is 5.88 Å². The Morgan fingerprint density at radius 2 is 2.06 bits per heavy atom. The van der Waals surface area contributed by atoms with Crippen molar-refractivity contribution >= 4 is 51.3 Å². The molecule has 5 rings (SSSR count). The highest BCUT2D eigenvalue weighted by molar-refractivity contribution is 7.80. The van der Waals surface area contributed by atoms with Gasteiger partial charge in [-0.1, -0.05) is 0 Å². The molecule has 0 radical (unpaired) electrons. The number of nitrogens with zero attached hydrogens (tertiary/aromatic N) is 3. The van der Waals surface area contributed by atoms with E-state index in [2.05, 4.69) is 26.0 Å². The van der Waals surface area contributed by atoms with Crippen LogP contribution in [-0.2, 0) is 17.6 Å². The van der Waals surface area contributed by atoms with Gasteiger partial charge in [-0.25, -0.2) is 15.8 Å². The number of fused-ring (bicyclic) bond motifs is 1. The molecule has 2 amide bonds. The summed E-state index contributed by atoms with van der Waals surface area (Å²) in [6.07, 6.45) is 7.75. The first-order valence-electron chi connectivity index (χ1n) is 12.3. The average molecular weight is 530 g/mol. The van der Waals surface area contributed by atoms with Crippen LogP contribution in [0, 0.1) is 18.8 Å². The smallest absolute Gasteiger partial charge is 0.254 e. The SMILES string of the molecule is COc1cnc(N(C(=S)NN)[C@H]2CCc3sc(NC(=O)C4CC4)c(C(=O)NCC4CC4)c3C2)c(C)n1. The molecular formula is C24H31N7O3S2. The highest BCUT2D eigenvalue weighted by atomic mass is 32.1. The second kappa shape index (κ2) is 10.3. The van der Waals surface area contributed by atoms with Gasteiger partial charge in [0.05, 0.1) is 24.6 Å². The zero-order valence-corrected chi connectivity index (χ0v) is 22.1. The van der Waals surface area contributed by atoms with Gasteiger partial charge in [0.25, 0.3) is 5.91 Å². The fourth-order valence-corrected chi connectivity index (χ4v) is 6.09. The van der Waals surface area contributed by atoms with Crippen molar-refractivity contribution in [1.29, 1.82) is 0 Å². The van der Waals surface area contributed by atoms with E-state index in [4.69, 9.17) is 22.8 Å². The summed E-state index contributed by atoms with van der Waals surface area (Å²) in [4.78, 5) is 38.0. The number of thiocarbonyl (C=S) groups is 1. The summed E-state index contributed by atoms with van der Waals surface area (Å²) in [6.45, 7) is 2.51. The number of hydrogen-bond acceptors (Lipinski definition) is 8. The summed E-state index contributed by atoms with van der Waals surface area (Å²) in [5.41, 5.74) is 4.79. The van der Waals surface area contributed by atoms with Gasteiger partial charge in [-0.05, 0) is 75.6 Å². The second-order valence-electron chi connectivity index (χ2n) is 9.66. The van der Waals surface area contributed by atoms with Gasteiger partial charge >= 0.3 is 0 Å². The molecule has 2 saturated carbocycles. The molecule has 0 aliphatic heterocycles. The van der Waals surface area contributed by atoms with E-state index in [-0.39, 0.29) is 23.8 Å². The third kappa shape index (κ3) is 5.16. The molecule has 2 aromatic rings. The Hall–Kier alpha value is -2.83. The number of carbonyl (C=O) groups excluding carboxylic acids is 2. The largest absolute Gasteiger partial charge is 0.480 e. The Balaban J connectivity index is 1.47. The standard InChI is InChI=1S/C24H31N7O3S2/c1-12-20(26-11-18(28-12)34-2)31(24(35)30-25)15-7-8-17-16(9-15)19(22(33)27-10-13-3-4-13)23(36-17)29-21(32)14-5-6-14/h11,13-15H,3-10,25H2,1-2H3,(H,27,33)(H,29,32)(H,30,35)/t15-/m0/s1. The molecule has 0 bridgehead atoms. The number of hydrazine groups is 1. The number of rotatable bonds is 8. The number of anilines is 2. The lowest BCUT2D eigenvalue weighted by molar-refractivity contribution is -0.117. The third-order valence-electron chi connectivity index (χ3n) is 6.94. The monoisotopic (exact) mass is 529 g/mol. The minimum atomic E-state index is -0.127. The second-order valence-corrected chi connectivity index (χ2v) is 11.2. The zero-order chi connectivity index (χ0) is 25.4. The molecule has 2 aromatic heterocycles. The van der Waals surface area contributed by atoms with E-state index in [1.54, 1.807) is 13.3 Å². The third-order valence-corrected chi connectivity index (χ3v) is 8.46.